The molecule has 0 aromatic heterocycles. The van der Waals surface area contributed by atoms with Crippen molar-refractivity contribution in [3.8, 4) is 0 Å². The summed E-state index contributed by atoms with van der Waals surface area (Å²) < 4.78 is 12.2. The Morgan fingerprint density at radius 2 is 1.13 bits per heavy atom. The second-order valence-corrected chi connectivity index (χ2v) is 19.7. The number of para-hydroxylation sites is 2. The van der Waals surface area contributed by atoms with Gasteiger partial charge in [-0.25, -0.2) is 0 Å². The summed E-state index contributed by atoms with van der Waals surface area (Å²) >= 11 is 0. The van der Waals surface area contributed by atoms with Crippen LogP contribution in [-0.2, 0) is 38.2 Å². The standard InChI is InChI=1S/C43H59N7O8S2/c1-9-24(2)36(51)47-28-18-20-57-32-22-42(4,5)34(49(32)40(28)55)38(53)45-26-14-10-12-16-30(26)59-60-31-17-13-11-15-27(31)46-39(54)35-43(6,7)23-33-50(35)41(56)29(19-21-58-33)48-37(52)25(3)44-8/h10-17,24-25,28-29,32-35,44H,9,18-23H2,1-8H3,(H,45,53)(H,46,54)(H,47,51)(H,48,52)/t24-,25+,28+,29+,32+,33+,34?,35+/m1/s1. The molecule has 5 N–H and O–H groups in total. The summed E-state index contributed by atoms with van der Waals surface area (Å²) in [5.74, 6) is -2.17. The number of carbonyl (C=O) groups is 6. The normalized spacial score (nSPS) is 26.8. The van der Waals surface area contributed by atoms with Gasteiger partial charge in [-0.2, -0.15) is 0 Å². The third-order valence-corrected chi connectivity index (χ3v) is 14.6. The summed E-state index contributed by atoms with van der Waals surface area (Å²) in [7, 11) is 4.46. The molecule has 2 aromatic rings. The van der Waals surface area contributed by atoms with E-state index in [4.69, 9.17) is 9.47 Å². The lowest BCUT2D eigenvalue weighted by atomic mass is 9.83. The highest BCUT2D eigenvalue weighted by atomic mass is 33.1. The van der Waals surface area contributed by atoms with Crippen LogP contribution in [0.4, 0.5) is 11.4 Å². The molecule has 4 aliphatic rings. The zero-order valence-electron chi connectivity index (χ0n) is 35.7. The number of hydrogen-bond donors (Lipinski definition) is 5. The molecule has 4 fully saturated rings. The van der Waals surface area contributed by atoms with Crippen LogP contribution < -0.4 is 26.6 Å². The van der Waals surface area contributed by atoms with E-state index >= 15 is 0 Å². The number of nitrogens with one attached hydrogen (secondary N) is 5. The van der Waals surface area contributed by atoms with Gasteiger partial charge >= 0.3 is 0 Å². The summed E-state index contributed by atoms with van der Waals surface area (Å²) in [6.07, 6.45) is 0.961. The van der Waals surface area contributed by atoms with Crippen molar-refractivity contribution in [1.82, 2.24) is 25.8 Å². The molecule has 15 nitrogen and oxygen atoms in total. The molecule has 1 unspecified atom stereocenters. The molecule has 17 heteroatoms. The Hall–Kier alpha value is -4.16. The van der Waals surface area contributed by atoms with Crippen molar-refractivity contribution >= 4 is 68.4 Å². The van der Waals surface area contributed by atoms with Crippen molar-refractivity contribution in [2.24, 2.45) is 16.7 Å². The smallest absolute Gasteiger partial charge is 0.247 e. The fourth-order valence-corrected chi connectivity index (χ4v) is 10.7. The van der Waals surface area contributed by atoms with E-state index in [2.05, 4.69) is 26.6 Å². The second kappa shape index (κ2) is 18.8. The lowest BCUT2D eigenvalue weighted by Crippen LogP contribution is -2.57. The van der Waals surface area contributed by atoms with Crippen LogP contribution in [0, 0.1) is 16.7 Å². The van der Waals surface area contributed by atoms with Crippen molar-refractivity contribution in [2.45, 2.75) is 133 Å². The first-order valence-corrected chi connectivity index (χ1v) is 22.9. The number of likely N-dealkylation sites (N-methyl/N-ethyl adjacent to an activating group) is 1. The third kappa shape index (κ3) is 9.65. The van der Waals surface area contributed by atoms with E-state index in [0.29, 0.717) is 43.5 Å². The molecule has 326 valence electrons. The molecule has 0 bridgehead atoms. The summed E-state index contributed by atoms with van der Waals surface area (Å²) in [6, 6.07) is 10.9. The quantitative estimate of drug-likeness (QED) is 0.175. The minimum atomic E-state index is -0.872. The maximum atomic E-state index is 14.3. The number of benzene rings is 2. The van der Waals surface area contributed by atoms with Crippen LogP contribution in [0.25, 0.3) is 0 Å². The monoisotopic (exact) mass is 865 g/mol. The average molecular weight is 866 g/mol. The Balaban J connectivity index is 1.16. The van der Waals surface area contributed by atoms with E-state index in [1.54, 1.807) is 26.1 Å². The Morgan fingerprint density at radius 1 is 0.717 bits per heavy atom. The van der Waals surface area contributed by atoms with Crippen LogP contribution in [-0.4, -0.2) is 108 Å². The van der Waals surface area contributed by atoms with Gasteiger partial charge in [-0.1, -0.05) is 87.4 Å². The van der Waals surface area contributed by atoms with Crippen molar-refractivity contribution in [1.29, 1.82) is 0 Å². The van der Waals surface area contributed by atoms with E-state index in [1.807, 2.05) is 77.9 Å². The van der Waals surface area contributed by atoms with Crippen LogP contribution in [0.2, 0.25) is 0 Å². The molecule has 0 saturated carbocycles. The largest absolute Gasteiger partial charge is 0.358 e. The zero-order valence-corrected chi connectivity index (χ0v) is 37.3. The topological polar surface area (TPSA) is 188 Å². The fraction of sp³-hybridized carbons (Fsp3) is 0.581. The number of ether oxygens (including phenoxy) is 2. The minimum absolute atomic E-state index is 0.202. The van der Waals surface area contributed by atoms with Crippen LogP contribution >= 0.6 is 21.6 Å². The van der Waals surface area contributed by atoms with Crippen LogP contribution in [0.15, 0.2) is 58.3 Å². The first-order chi connectivity index (χ1) is 28.5. The molecule has 4 saturated heterocycles. The average Bonchev–Trinajstić information content (AvgIpc) is 3.53. The van der Waals surface area contributed by atoms with Crippen molar-refractivity contribution in [2.75, 3.05) is 30.9 Å². The SMILES string of the molecule is CC[C@@H](C)C(=O)N[C@H]1CCO[C@H]2CC(C)(C)C(C(=O)Nc3ccccc3SSc3ccccc3NC(=O)[C@@H]3N4C(=O)[C@@H](NC(=O)[C@H](C)NC)CCO[C@H]4CC3(C)C)N2C1=O. The predicted octanol–water partition coefficient (Wildman–Crippen LogP) is 4.73. The highest BCUT2D eigenvalue weighted by Crippen LogP contribution is 2.47. The van der Waals surface area contributed by atoms with E-state index in [-0.39, 0.29) is 54.6 Å². The molecule has 60 heavy (non-hydrogen) atoms. The number of hydrogen-bond acceptors (Lipinski definition) is 11. The summed E-state index contributed by atoms with van der Waals surface area (Å²) in [6.45, 7) is 13.8. The molecule has 0 spiro atoms. The maximum Gasteiger partial charge on any atom is 0.247 e. The molecule has 6 amide bonds. The first kappa shape index (κ1) is 45.4. The molecule has 2 aromatic carbocycles. The molecule has 4 aliphatic heterocycles. The van der Waals surface area contributed by atoms with E-state index in [1.165, 1.54) is 31.4 Å². The number of amides is 6. The van der Waals surface area contributed by atoms with Crippen LogP contribution in [0.1, 0.15) is 80.6 Å². The maximum absolute atomic E-state index is 14.3. The summed E-state index contributed by atoms with van der Waals surface area (Å²) in [4.78, 5) is 86.7. The number of rotatable bonds is 13. The highest BCUT2D eigenvalue weighted by Gasteiger charge is 2.56. The van der Waals surface area contributed by atoms with Gasteiger partial charge in [-0.3, -0.25) is 28.8 Å². The van der Waals surface area contributed by atoms with Crippen molar-refractivity contribution in [3.63, 3.8) is 0 Å². The highest BCUT2D eigenvalue weighted by molar-refractivity contribution is 8.76. The summed E-state index contributed by atoms with van der Waals surface area (Å²) in [5, 5.41) is 14.8. The van der Waals surface area contributed by atoms with Crippen molar-refractivity contribution < 1.29 is 38.2 Å². The Kier molecular flexibility index (Phi) is 14.3. The lowest BCUT2D eigenvalue weighted by molar-refractivity contribution is -0.148. The molecule has 0 radical (unpaired) electrons. The molecular weight excluding hydrogens is 807 g/mol. The summed E-state index contributed by atoms with van der Waals surface area (Å²) in [5.41, 5.74) is -0.165. The van der Waals surface area contributed by atoms with Gasteiger partial charge in [0.25, 0.3) is 0 Å². The van der Waals surface area contributed by atoms with Crippen LogP contribution in [0.3, 0.4) is 0 Å². The molecule has 6 rings (SSSR count). The number of nitrogens with zero attached hydrogens (tertiary/aromatic N) is 2. The molecular formula is C43H59N7O8S2. The number of anilines is 2. The van der Waals surface area contributed by atoms with Gasteiger partial charge in [0.15, 0.2) is 0 Å². The first-order valence-electron chi connectivity index (χ1n) is 20.8. The molecule has 0 aliphatic carbocycles. The van der Waals surface area contributed by atoms with Gasteiger partial charge in [0.2, 0.25) is 35.4 Å². The number of fused-ring (bicyclic) bond motifs is 2. The van der Waals surface area contributed by atoms with Gasteiger partial charge in [0.1, 0.15) is 36.6 Å². The second-order valence-electron chi connectivity index (χ2n) is 17.5. The zero-order chi connectivity index (χ0) is 43.5. The number of carbonyl (C=O) groups excluding carboxylic acids is 6. The molecule has 8 atom stereocenters. The van der Waals surface area contributed by atoms with Gasteiger partial charge < -0.3 is 45.9 Å². The van der Waals surface area contributed by atoms with Crippen molar-refractivity contribution in [3.05, 3.63) is 48.5 Å². The van der Waals surface area contributed by atoms with Gasteiger partial charge in [0, 0.05) is 28.6 Å². The Morgan fingerprint density at radius 3 is 1.55 bits per heavy atom. The van der Waals surface area contributed by atoms with Gasteiger partial charge in [-0.15, -0.1) is 0 Å². The molecule has 4 heterocycles. The van der Waals surface area contributed by atoms with Crippen LogP contribution in [0.5, 0.6) is 0 Å². The van der Waals surface area contributed by atoms with Gasteiger partial charge in [0.05, 0.1) is 30.6 Å². The Bertz CT molecular complexity index is 1830. The predicted molar refractivity (Wildman–Crippen MR) is 230 cm³/mol. The Labute approximate surface area is 360 Å². The fourth-order valence-electron chi connectivity index (χ4n) is 8.41. The van der Waals surface area contributed by atoms with E-state index < -0.39 is 53.5 Å². The van der Waals surface area contributed by atoms with Gasteiger partial charge in [-0.05, 0) is 68.3 Å². The van der Waals surface area contributed by atoms with E-state index in [9.17, 15) is 28.8 Å². The van der Waals surface area contributed by atoms with E-state index in [0.717, 1.165) is 9.79 Å². The third-order valence-electron chi connectivity index (χ3n) is 12.1. The minimum Gasteiger partial charge on any atom is -0.358 e. The lowest BCUT2D eigenvalue weighted by Gasteiger charge is -2.34.